The second kappa shape index (κ2) is 11.1. The monoisotopic (exact) mass is 302 g/mol. The predicted molar refractivity (Wildman–Crippen MR) is 90.3 cm³/mol. The molecule has 2 atom stereocenters. The number of thioether (sulfide) groups is 2. The van der Waals surface area contributed by atoms with E-state index in [1.54, 1.807) is 0 Å². The predicted octanol–water partition coefficient (Wildman–Crippen LogP) is 5.04. The van der Waals surface area contributed by atoms with E-state index in [-0.39, 0.29) is 0 Å². The molecule has 0 aromatic rings. The Bertz CT molecular complexity index is 221. The zero-order valence-electron chi connectivity index (χ0n) is 12.7. The van der Waals surface area contributed by atoms with Gasteiger partial charge >= 0.3 is 0 Å². The molecular weight excluding hydrogens is 272 g/mol. The molecule has 1 nitrogen and oxygen atoms in total. The number of carbonyl (C=O) groups is 1. The van der Waals surface area contributed by atoms with Crippen LogP contribution in [-0.2, 0) is 4.79 Å². The fourth-order valence-electron chi connectivity index (χ4n) is 2.50. The molecule has 0 aromatic carbocycles. The summed E-state index contributed by atoms with van der Waals surface area (Å²) < 4.78 is 0. The third-order valence-electron chi connectivity index (χ3n) is 3.83. The molecule has 0 N–H and O–H groups in total. The Kier molecular flexibility index (Phi) is 10.2. The van der Waals surface area contributed by atoms with Crippen LogP contribution in [0.25, 0.3) is 0 Å². The maximum absolute atomic E-state index is 12.4. The third kappa shape index (κ3) is 7.08. The maximum atomic E-state index is 12.4. The average Bonchev–Trinajstić information content (AvgIpc) is 2.43. The SMILES string of the molecule is CCCCSCC1CCCC(CSCCCC)C1=O. The Morgan fingerprint density at radius 2 is 1.42 bits per heavy atom. The molecule has 0 aromatic heterocycles. The molecule has 0 radical (unpaired) electrons. The highest BCUT2D eigenvalue weighted by Crippen LogP contribution is 2.30. The number of hydrogen-bond acceptors (Lipinski definition) is 3. The first-order valence-corrected chi connectivity index (χ1v) is 10.3. The van der Waals surface area contributed by atoms with E-state index < -0.39 is 0 Å². The van der Waals surface area contributed by atoms with Gasteiger partial charge in [0.1, 0.15) is 5.78 Å². The Morgan fingerprint density at radius 3 is 1.84 bits per heavy atom. The number of carbonyl (C=O) groups excluding carboxylic acids is 1. The molecule has 0 saturated heterocycles. The molecule has 0 heterocycles. The van der Waals surface area contributed by atoms with Gasteiger partial charge < -0.3 is 0 Å². The largest absolute Gasteiger partial charge is 0.299 e. The molecule has 1 aliphatic rings. The molecule has 112 valence electrons. The molecule has 1 saturated carbocycles. The van der Waals surface area contributed by atoms with Gasteiger partial charge in [-0.05, 0) is 37.2 Å². The maximum Gasteiger partial charge on any atom is 0.140 e. The molecule has 1 fully saturated rings. The van der Waals surface area contributed by atoms with Gasteiger partial charge in [0.15, 0.2) is 0 Å². The summed E-state index contributed by atoms with van der Waals surface area (Å²) in [4.78, 5) is 12.4. The molecule has 19 heavy (non-hydrogen) atoms. The van der Waals surface area contributed by atoms with E-state index in [4.69, 9.17) is 0 Å². The minimum Gasteiger partial charge on any atom is -0.299 e. The summed E-state index contributed by atoms with van der Waals surface area (Å²) in [5, 5.41) is 0. The molecule has 1 aliphatic carbocycles. The summed E-state index contributed by atoms with van der Waals surface area (Å²) in [6.07, 6.45) is 8.68. The number of ketones is 1. The Balaban J connectivity index is 2.21. The van der Waals surface area contributed by atoms with Crippen molar-refractivity contribution in [3.05, 3.63) is 0 Å². The van der Waals surface area contributed by atoms with Crippen LogP contribution in [0.1, 0.15) is 58.8 Å². The van der Waals surface area contributed by atoms with Gasteiger partial charge in [-0.1, -0.05) is 33.1 Å². The van der Waals surface area contributed by atoms with Crippen LogP contribution in [0.15, 0.2) is 0 Å². The minimum atomic E-state index is 0.368. The van der Waals surface area contributed by atoms with Crippen LogP contribution >= 0.6 is 23.5 Å². The highest BCUT2D eigenvalue weighted by atomic mass is 32.2. The summed E-state index contributed by atoms with van der Waals surface area (Å²) >= 11 is 3.99. The lowest BCUT2D eigenvalue weighted by Crippen LogP contribution is -2.31. The number of unbranched alkanes of at least 4 members (excludes halogenated alkanes) is 2. The van der Waals surface area contributed by atoms with E-state index in [9.17, 15) is 4.79 Å². The molecular formula is C16H30OS2. The van der Waals surface area contributed by atoms with Crippen molar-refractivity contribution in [2.75, 3.05) is 23.0 Å². The molecule has 0 bridgehead atoms. The van der Waals surface area contributed by atoms with Crippen LogP contribution in [0.3, 0.4) is 0 Å². The molecule has 0 spiro atoms. The van der Waals surface area contributed by atoms with Gasteiger partial charge in [0.2, 0.25) is 0 Å². The van der Waals surface area contributed by atoms with Crippen LogP contribution < -0.4 is 0 Å². The summed E-state index contributed by atoms with van der Waals surface area (Å²) in [6, 6.07) is 0. The van der Waals surface area contributed by atoms with Gasteiger partial charge in [-0.25, -0.2) is 0 Å². The molecule has 3 heteroatoms. The van der Waals surface area contributed by atoms with E-state index >= 15 is 0 Å². The van der Waals surface area contributed by atoms with Gasteiger partial charge in [-0.3, -0.25) is 4.79 Å². The molecule has 0 amide bonds. The van der Waals surface area contributed by atoms with Crippen LogP contribution in [-0.4, -0.2) is 28.8 Å². The van der Waals surface area contributed by atoms with Crippen molar-refractivity contribution in [1.82, 2.24) is 0 Å². The van der Waals surface area contributed by atoms with Crippen molar-refractivity contribution in [1.29, 1.82) is 0 Å². The Labute approximate surface area is 128 Å². The van der Waals surface area contributed by atoms with E-state index in [1.165, 1.54) is 43.6 Å². The lowest BCUT2D eigenvalue weighted by atomic mass is 9.82. The first kappa shape index (κ1) is 17.4. The van der Waals surface area contributed by atoms with Crippen LogP contribution in [0, 0.1) is 11.8 Å². The van der Waals surface area contributed by atoms with Gasteiger partial charge in [0, 0.05) is 23.3 Å². The van der Waals surface area contributed by atoms with Crippen LogP contribution in [0.2, 0.25) is 0 Å². The lowest BCUT2D eigenvalue weighted by molar-refractivity contribution is -0.127. The number of hydrogen-bond donors (Lipinski definition) is 0. The Morgan fingerprint density at radius 1 is 0.947 bits per heavy atom. The summed E-state index contributed by atoms with van der Waals surface area (Å²) in [5.41, 5.74) is 0. The van der Waals surface area contributed by atoms with E-state index in [1.807, 2.05) is 23.5 Å². The fourth-order valence-corrected chi connectivity index (χ4v) is 5.05. The second-order valence-corrected chi connectivity index (χ2v) is 7.88. The van der Waals surface area contributed by atoms with Crippen molar-refractivity contribution in [2.45, 2.75) is 58.8 Å². The average molecular weight is 303 g/mol. The van der Waals surface area contributed by atoms with Gasteiger partial charge in [-0.15, -0.1) is 0 Å². The highest BCUT2D eigenvalue weighted by molar-refractivity contribution is 7.99. The number of Topliss-reactive ketones (excluding diaryl/α,β-unsaturated/α-hetero) is 1. The van der Waals surface area contributed by atoms with Gasteiger partial charge in [0.05, 0.1) is 0 Å². The summed E-state index contributed by atoms with van der Waals surface area (Å²) in [5.74, 6) is 5.94. The smallest absolute Gasteiger partial charge is 0.140 e. The van der Waals surface area contributed by atoms with Crippen LogP contribution in [0.4, 0.5) is 0 Å². The van der Waals surface area contributed by atoms with Crippen molar-refractivity contribution in [3.8, 4) is 0 Å². The minimum absolute atomic E-state index is 0.368. The van der Waals surface area contributed by atoms with E-state index in [0.29, 0.717) is 17.6 Å². The molecule has 1 rings (SSSR count). The van der Waals surface area contributed by atoms with Gasteiger partial charge in [-0.2, -0.15) is 23.5 Å². The van der Waals surface area contributed by atoms with Crippen molar-refractivity contribution in [2.24, 2.45) is 11.8 Å². The van der Waals surface area contributed by atoms with E-state index in [2.05, 4.69) is 13.8 Å². The fraction of sp³-hybridized carbons (Fsp3) is 0.938. The quantitative estimate of drug-likeness (QED) is 0.526. The first-order valence-electron chi connectivity index (χ1n) is 7.98. The normalized spacial score (nSPS) is 23.8. The van der Waals surface area contributed by atoms with Crippen LogP contribution in [0.5, 0.6) is 0 Å². The number of rotatable bonds is 10. The third-order valence-corrected chi connectivity index (χ3v) is 6.26. The van der Waals surface area contributed by atoms with Crippen molar-refractivity contribution >= 4 is 29.3 Å². The molecule has 2 unspecified atom stereocenters. The summed E-state index contributed by atoms with van der Waals surface area (Å²) in [7, 11) is 0. The zero-order chi connectivity index (χ0) is 13.9. The van der Waals surface area contributed by atoms with Crippen molar-refractivity contribution in [3.63, 3.8) is 0 Å². The van der Waals surface area contributed by atoms with E-state index in [0.717, 1.165) is 24.3 Å². The second-order valence-electron chi connectivity index (χ2n) is 5.58. The van der Waals surface area contributed by atoms with Gasteiger partial charge in [0.25, 0.3) is 0 Å². The Hall–Kier alpha value is 0.370. The topological polar surface area (TPSA) is 17.1 Å². The lowest BCUT2D eigenvalue weighted by Gasteiger charge is -2.27. The first-order chi connectivity index (χ1) is 9.29. The standard InChI is InChI=1S/C16H30OS2/c1-3-5-10-18-12-14-8-7-9-15(16(14)17)13-19-11-6-4-2/h14-15H,3-13H2,1-2H3. The highest BCUT2D eigenvalue weighted by Gasteiger charge is 2.30. The zero-order valence-corrected chi connectivity index (χ0v) is 14.3. The van der Waals surface area contributed by atoms with Crippen molar-refractivity contribution < 1.29 is 4.79 Å². The summed E-state index contributed by atoms with van der Waals surface area (Å²) in [6.45, 7) is 4.46. The molecule has 0 aliphatic heterocycles.